The standard InChI is InChI=1S/C86H62N6O2/c1-85(2)71-37-19-17-35-63(71)65-47-69-67-43-57(39-41-79(67)91(81(69)49-73(65)85)59-31-21-33-61(45-59)93-83-87-75(53-23-9-5-10-24-53)51-76(88-83)54-25-11-6-12-26-54)58-40-42-80-68(44-58)70-48-66-64-36-18-20-38-72(64)86(3,4)74(66)50-82(70)92(80)60-32-22-34-62(46-60)94-84-89-77(55-27-13-7-14-28-55)52-78(90-84)56-29-15-8-16-30-56/h5-52,67,79H,1-4H3. The number of allylic oxidation sites excluding steroid dienone is 2. The topological polar surface area (TPSA) is 78.2 Å². The van der Waals surface area contributed by atoms with Gasteiger partial charge < -0.3 is 18.9 Å². The average molecular weight is 1210 g/mol. The van der Waals surface area contributed by atoms with Gasteiger partial charge in [0.05, 0.1) is 39.9 Å². The van der Waals surface area contributed by atoms with Crippen molar-refractivity contribution in [1.82, 2.24) is 24.5 Å². The molecule has 2 atom stereocenters. The zero-order valence-corrected chi connectivity index (χ0v) is 52.4. The first-order valence-corrected chi connectivity index (χ1v) is 32.3. The van der Waals surface area contributed by atoms with E-state index in [1.165, 1.54) is 72.1 Å². The Hall–Kier alpha value is -11.7. The molecule has 1 aliphatic heterocycles. The van der Waals surface area contributed by atoms with Crippen LogP contribution in [0.5, 0.6) is 23.5 Å². The molecule has 8 heteroatoms. The molecule has 8 nitrogen and oxygen atoms in total. The van der Waals surface area contributed by atoms with Crippen molar-refractivity contribution < 1.29 is 9.47 Å². The normalized spacial score (nSPS) is 15.8. The van der Waals surface area contributed by atoms with Crippen molar-refractivity contribution >= 4 is 38.8 Å². The van der Waals surface area contributed by atoms with Crippen LogP contribution in [0.1, 0.15) is 67.0 Å². The van der Waals surface area contributed by atoms with Crippen LogP contribution >= 0.6 is 0 Å². The fraction of sp³-hybridized carbons (Fsp3) is 0.0930. The highest BCUT2D eigenvalue weighted by molar-refractivity contribution is 6.12. The molecule has 0 saturated heterocycles. The van der Waals surface area contributed by atoms with Crippen LogP contribution < -0.4 is 14.4 Å². The molecule has 4 heterocycles. The molecule has 0 saturated carbocycles. The molecular formula is C86H62N6O2. The summed E-state index contributed by atoms with van der Waals surface area (Å²) >= 11 is 0. The molecule has 11 aromatic carbocycles. The van der Waals surface area contributed by atoms with Crippen LogP contribution in [0.2, 0.25) is 0 Å². The second-order valence-corrected chi connectivity index (χ2v) is 26.2. The Morgan fingerprint density at radius 2 is 0.830 bits per heavy atom. The third kappa shape index (κ3) is 9.03. The summed E-state index contributed by atoms with van der Waals surface area (Å²) < 4.78 is 15.9. The molecule has 14 aromatic rings. The summed E-state index contributed by atoms with van der Waals surface area (Å²) in [6.45, 7) is 9.44. The second-order valence-electron chi connectivity index (χ2n) is 26.2. The van der Waals surface area contributed by atoms with Gasteiger partial charge in [0.15, 0.2) is 0 Å². The summed E-state index contributed by atoms with van der Waals surface area (Å²) in [5.74, 6) is 1.31. The first kappa shape index (κ1) is 55.1. The Labute approximate surface area is 546 Å². The van der Waals surface area contributed by atoms with Gasteiger partial charge in [-0.3, -0.25) is 0 Å². The molecular weight excluding hydrogens is 1150 g/mol. The van der Waals surface area contributed by atoms with Crippen LogP contribution in [-0.4, -0.2) is 30.5 Å². The minimum Gasteiger partial charge on any atom is -0.424 e. The van der Waals surface area contributed by atoms with E-state index in [2.05, 4.69) is 231 Å². The maximum atomic E-state index is 6.77. The summed E-state index contributed by atoms with van der Waals surface area (Å²) in [5.41, 5.74) is 26.2. The zero-order chi connectivity index (χ0) is 62.8. The molecule has 0 bridgehead atoms. The summed E-state index contributed by atoms with van der Waals surface area (Å²) in [6, 6.07) is 97.1. The van der Waals surface area contributed by atoms with Gasteiger partial charge in [-0.2, -0.15) is 19.9 Å². The molecule has 448 valence electrons. The molecule has 4 aliphatic rings. The highest BCUT2D eigenvalue weighted by Crippen LogP contribution is 2.57. The third-order valence-electron chi connectivity index (χ3n) is 19.9. The van der Waals surface area contributed by atoms with Crippen molar-refractivity contribution in [2.75, 3.05) is 4.90 Å². The van der Waals surface area contributed by atoms with E-state index < -0.39 is 0 Å². The van der Waals surface area contributed by atoms with E-state index >= 15 is 0 Å². The maximum absolute atomic E-state index is 6.77. The quantitative estimate of drug-likeness (QED) is 0.128. The molecule has 0 radical (unpaired) electrons. The summed E-state index contributed by atoms with van der Waals surface area (Å²) in [5, 5.41) is 2.35. The minimum absolute atomic E-state index is 0.0167. The predicted octanol–water partition coefficient (Wildman–Crippen LogP) is 21.5. The molecule has 3 aromatic heterocycles. The van der Waals surface area contributed by atoms with Crippen molar-refractivity contribution in [3.05, 3.63) is 325 Å². The molecule has 0 N–H and O–H groups in total. The van der Waals surface area contributed by atoms with Gasteiger partial charge in [0.25, 0.3) is 0 Å². The van der Waals surface area contributed by atoms with Crippen LogP contribution in [-0.2, 0) is 10.8 Å². The molecule has 94 heavy (non-hydrogen) atoms. The zero-order valence-electron chi connectivity index (χ0n) is 52.4. The van der Waals surface area contributed by atoms with E-state index in [-0.39, 0.29) is 34.8 Å². The maximum Gasteiger partial charge on any atom is 0.323 e. The number of fused-ring (bicyclic) bond motifs is 12. The first-order valence-electron chi connectivity index (χ1n) is 32.3. The van der Waals surface area contributed by atoms with E-state index in [4.69, 9.17) is 29.4 Å². The van der Waals surface area contributed by atoms with Gasteiger partial charge in [-0.15, -0.1) is 0 Å². The third-order valence-corrected chi connectivity index (χ3v) is 19.9. The van der Waals surface area contributed by atoms with Crippen LogP contribution in [0.15, 0.2) is 291 Å². The lowest BCUT2D eigenvalue weighted by Gasteiger charge is -2.30. The minimum atomic E-state index is -0.212. The van der Waals surface area contributed by atoms with E-state index in [1.54, 1.807) is 0 Å². The van der Waals surface area contributed by atoms with E-state index in [0.29, 0.717) is 11.5 Å². The lowest BCUT2D eigenvalue weighted by atomic mass is 9.81. The molecule has 0 spiro atoms. The summed E-state index contributed by atoms with van der Waals surface area (Å²) in [4.78, 5) is 22.5. The van der Waals surface area contributed by atoms with Crippen LogP contribution in [0.25, 0.3) is 100 Å². The lowest BCUT2D eigenvalue weighted by Crippen LogP contribution is -2.29. The lowest BCUT2D eigenvalue weighted by molar-refractivity contribution is 0.443. The Morgan fingerprint density at radius 1 is 0.362 bits per heavy atom. The number of anilines is 2. The number of rotatable bonds is 11. The molecule has 0 amide bonds. The summed E-state index contributed by atoms with van der Waals surface area (Å²) in [6.07, 6.45) is 7.28. The highest BCUT2D eigenvalue weighted by atomic mass is 16.5. The van der Waals surface area contributed by atoms with Gasteiger partial charge >= 0.3 is 12.0 Å². The van der Waals surface area contributed by atoms with Gasteiger partial charge in [0.2, 0.25) is 0 Å². The predicted molar refractivity (Wildman–Crippen MR) is 381 cm³/mol. The van der Waals surface area contributed by atoms with Crippen molar-refractivity contribution in [3.8, 4) is 96.5 Å². The number of hydrogen-bond donors (Lipinski definition) is 0. The fourth-order valence-corrected chi connectivity index (χ4v) is 15.3. The Morgan fingerprint density at radius 3 is 1.37 bits per heavy atom. The number of ether oxygens (including phenoxy) is 2. The van der Waals surface area contributed by atoms with Gasteiger partial charge in [-0.25, -0.2) is 0 Å². The van der Waals surface area contributed by atoms with Crippen molar-refractivity contribution in [2.45, 2.75) is 50.5 Å². The Balaban J connectivity index is 0.751. The summed E-state index contributed by atoms with van der Waals surface area (Å²) in [7, 11) is 0. The fourth-order valence-electron chi connectivity index (χ4n) is 15.3. The van der Waals surface area contributed by atoms with Crippen molar-refractivity contribution in [3.63, 3.8) is 0 Å². The average Bonchev–Trinajstić information content (AvgIpc) is 1.56. The second kappa shape index (κ2) is 21.4. The highest BCUT2D eigenvalue weighted by Gasteiger charge is 2.44. The van der Waals surface area contributed by atoms with Crippen molar-refractivity contribution in [1.29, 1.82) is 0 Å². The van der Waals surface area contributed by atoms with Gasteiger partial charge in [0.1, 0.15) is 11.5 Å². The molecule has 2 unspecified atom stereocenters. The van der Waals surface area contributed by atoms with Crippen LogP contribution in [0.4, 0.5) is 11.4 Å². The largest absolute Gasteiger partial charge is 0.424 e. The van der Waals surface area contributed by atoms with E-state index in [9.17, 15) is 0 Å². The Kier molecular flexibility index (Phi) is 12.6. The van der Waals surface area contributed by atoms with Crippen LogP contribution in [0, 0.1) is 0 Å². The van der Waals surface area contributed by atoms with E-state index in [1.807, 2.05) is 97.1 Å². The Bertz CT molecular complexity index is 5340. The van der Waals surface area contributed by atoms with Gasteiger partial charge in [0, 0.05) is 79.0 Å². The SMILES string of the molecule is CC1(C)c2ccccc2-c2cc3c(cc21)N(c1cccc(Oc2nc(-c4ccccc4)cc(-c4ccccc4)n2)c1)C1C=CC(c2ccc4c(c2)c2cc5c(cc2n4-c2cccc(Oc4nc(-c6ccccc6)cc(-c6ccccc6)n4)c2)C(C)(C)c2ccccc2-5)=CC31. The van der Waals surface area contributed by atoms with E-state index in [0.717, 1.165) is 73.0 Å². The molecule has 0 fully saturated rings. The van der Waals surface area contributed by atoms with Gasteiger partial charge in [-0.05, 0) is 134 Å². The molecule has 18 rings (SSSR count). The number of aromatic nitrogens is 5. The van der Waals surface area contributed by atoms with Crippen molar-refractivity contribution in [2.24, 2.45) is 0 Å². The van der Waals surface area contributed by atoms with Crippen LogP contribution in [0.3, 0.4) is 0 Å². The van der Waals surface area contributed by atoms with Gasteiger partial charge in [-0.1, -0.05) is 234 Å². The smallest absolute Gasteiger partial charge is 0.323 e. The number of hydrogen-bond acceptors (Lipinski definition) is 7. The number of benzene rings is 11. The number of nitrogens with zero attached hydrogens (tertiary/aromatic N) is 6. The molecule has 3 aliphatic carbocycles. The first-order chi connectivity index (χ1) is 46.1. The monoisotopic (exact) mass is 1210 g/mol.